The fourth-order valence-corrected chi connectivity index (χ4v) is 2.09. The Morgan fingerprint density at radius 3 is 2.69 bits per heavy atom. The third-order valence-electron chi connectivity index (χ3n) is 2.90. The molecule has 0 saturated heterocycles. The third kappa shape index (κ3) is 1.31. The van der Waals surface area contributed by atoms with Crippen LogP contribution in [0.25, 0.3) is 0 Å². The van der Waals surface area contributed by atoms with Crippen LogP contribution in [0.4, 0.5) is 0 Å². The number of hydrogen-bond acceptors (Lipinski definition) is 2. The Morgan fingerprint density at radius 1 is 1.00 bits per heavy atom. The molecule has 0 spiro atoms. The van der Waals surface area contributed by atoms with Crippen molar-refractivity contribution < 1.29 is 9.90 Å². The molecule has 78 valence electrons. The van der Waals surface area contributed by atoms with E-state index in [9.17, 15) is 9.90 Å². The molecule has 1 aliphatic rings. The highest BCUT2D eigenvalue weighted by Gasteiger charge is 2.17. The molecule has 1 aliphatic carbocycles. The van der Waals surface area contributed by atoms with E-state index in [0.717, 1.165) is 17.5 Å². The predicted molar refractivity (Wildman–Crippen MR) is 60.8 cm³/mol. The second-order valence-electron chi connectivity index (χ2n) is 4.06. The maximum absolute atomic E-state index is 12.1. The number of aromatic hydroxyl groups is 1. The van der Waals surface area contributed by atoms with Crippen LogP contribution in [0.2, 0.25) is 0 Å². The number of fused-ring (bicyclic) bond motifs is 4. The van der Waals surface area contributed by atoms with Crippen molar-refractivity contribution in [2.45, 2.75) is 6.42 Å². The standard InChI is InChI=1S/C14H10O2/c15-13-5-4-10-6-9-2-1-3-11(7-9)14(16)12(13)8-10/h1-5,7-8,15H,6H2. The Morgan fingerprint density at radius 2 is 1.81 bits per heavy atom. The fraction of sp³-hybridized carbons (Fsp3) is 0.0714. The van der Waals surface area contributed by atoms with E-state index in [-0.39, 0.29) is 11.5 Å². The summed E-state index contributed by atoms with van der Waals surface area (Å²) in [6.45, 7) is 0. The van der Waals surface area contributed by atoms with Gasteiger partial charge in [-0.3, -0.25) is 4.79 Å². The number of carbonyl (C=O) groups is 1. The minimum Gasteiger partial charge on any atom is -0.507 e. The maximum atomic E-state index is 12.1. The molecule has 0 atom stereocenters. The Kier molecular flexibility index (Phi) is 1.83. The lowest BCUT2D eigenvalue weighted by Crippen LogP contribution is -2.06. The van der Waals surface area contributed by atoms with Gasteiger partial charge >= 0.3 is 0 Å². The SMILES string of the molecule is O=C1c2cccc(c2)Cc2ccc(O)c1c2. The first kappa shape index (κ1) is 9.16. The van der Waals surface area contributed by atoms with Crippen LogP contribution in [0.15, 0.2) is 42.5 Å². The number of benzene rings is 2. The first-order chi connectivity index (χ1) is 7.74. The molecule has 4 bridgehead atoms. The molecule has 0 radical (unpaired) electrons. The zero-order valence-corrected chi connectivity index (χ0v) is 8.60. The number of phenols is 1. The summed E-state index contributed by atoms with van der Waals surface area (Å²) in [5, 5.41) is 9.67. The van der Waals surface area contributed by atoms with E-state index in [1.165, 1.54) is 0 Å². The largest absolute Gasteiger partial charge is 0.507 e. The highest BCUT2D eigenvalue weighted by atomic mass is 16.3. The van der Waals surface area contributed by atoms with Crippen LogP contribution in [-0.2, 0) is 6.42 Å². The van der Waals surface area contributed by atoms with Gasteiger partial charge in [-0.15, -0.1) is 0 Å². The van der Waals surface area contributed by atoms with Crippen molar-refractivity contribution >= 4 is 5.78 Å². The van der Waals surface area contributed by atoms with Gasteiger partial charge in [0.05, 0.1) is 5.56 Å². The van der Waals surface area contributed by atoms with Crippen LogP contribution in [0.5, 0.6) is 5.75 Å². The maximum Gasteiger partial charge on any atom is 0.196 e. The molecule has 1 N–H and O–H groups in total. The number of ketones is 1. The van der Waals surface area contributed by atoms with E-state index in [4.69, 9.17) is 0 Å². The number of phenolic OH excluding ortho intramolecular Hbond substituents is 1. The van der Waals surface area contributed by atoms with E-state index in [2.05, 4.69) is 0 Å². The average molecular weight is 210 g/mol. The lowest BCUT2D eigenvalue weighted by molar-refractivity contribution is 0.103. The van der Waals surface area contributed by atoms with Gasteiger partial charge in [0.25, 0.3) is 0 Å². The zero-order chi connectivity index (χ0) is 11.1. The van der Waals surface area contributed by atoms with Crippen LogP contribution in [0, 0.1) is 0 Å². The summed E-state index contributed by atoms with van der Waals surface area (Å²) in [6.07, 6.45) is 0.800. The van der Waals surface area contributed by atoms with Gasteiger partial charge in [-0.25, -0.2) is 0 Å². The lowest BCUT2D eigenvalue weighted by atomic mass is 9.92. The van der Waals surface area contributed by atoms with Crippen molar-refractivity contribution in [2.24, 2.45) is 0 Å². The minimum atomic E-state index is -0.110. The molecular weight excluding hydrogens is 200 g/mol. The van der Waals surface area contributed by atoms with E-state index < -0.39 is 0 Å². The summed E-state index contributed by atoms with van der Waals surface area (Å²) in [7, 11) is 0. The summed E-state index contributed by atoms with van der Waals surface area (Å²) in [5.74, 6) is -0.0537. The van der Waals surface area contributed by atoms with E-state index in [1.807, 2.05) is 24.3 Å². The van der Waals surface area contributed by atoms with Gasteiger partial charge < -0.3 is 5.11 Å². The third-order valence-corrected chi connectivity index (χ3v) is 2.90. The quantitative estimate of drug-likeness (QED) is 0.619. The number of carbonyl (C=O) groups excluding carboxylic acids is 1. The molecule has 16 heavy (non-hydrogen) atoms. The van der Waals surface area contributed by atoms with Gasteiger partial charge in [0.15, 0.2) is 5.78 Å². The van der Waals surface area contributed by atoms with Gasteiger partial charge in [-0.1, -0.05) is 24.3 Å². The molecule has 0 fully saturated rings. The molecule has 0 aromatic heterocycles. The van der Waals surface area contributed by atoms with Crippen molar-refractivity contribution in [3.05, 3.63) is 64.7 Å². The van der Waals surface area contributed by atoms with E-state index in [0.29, 0.717) is 11.1 Å². The molecule has 0 amide bonds. The highest BCUT2D eigenvalue weighted by molar-refractivity contribution is 6.11. The number of hydrogen-bond donors (Lipinski definition) is 1. The van der Waals surface area contributed by atoms with Crippen molar-refractivity contribution in [2.75, 3.05) is 0 Å². The average Bonchev–Trinajstić information content (AvgIpc) is 2.30. The topological polar surface area (TPSA) is 37.3 Å². The van der Waals surface area contributed by atoms with Gasteiger partial charge in [0.1, 0.15) is 5.75 Å². The second kappa shape index (κ2) is 3.20. The monoisotopic (exact) mass is 210 g/mol. The minimum absolute atomic E-state index is 0.0565. The Bertz CT molecular complexity index is 585. The number of rotatable bonds is 0. The molecule has 2 heteroatoms. The molecule has 0 unspecified atom stereocenters. The Hall–Kier alpha value is -2.09. The van der Waals surface area contributed by atoms with Crippen LogP contribution in [0.1, 0.15) is 27.0 Å². The van der Waals surface area contributed by atoms with Gasteiger partial charge in [0, 0.05) is 5.56 Å². The lowest BCUT2D eigenvalue weighted by Gasteiger charge is -2.12. The fourth-order valence-electron chi connectivity index (χ4n) is 2.09. The predicted octanol–water partition coefficient (Wildman–Crippen LogP) is 2.53. The first-order valence-electron chi connectivity index (χ1n) is 5.19. The smallest absolute Gasteiger partial charge is 0.196 e. The molecule has 0 heterocycles. The molecule has 2 aromatic carbocycles. The van der Waals surface area contributed by atoms with Crippen LogP contribution in [-0.4, -0.2) is 10.9 Å². The molecule has 0 aliphatic heterocycles. The summed E-state index contributed by atoms with van der Waals surface area (Å²) in [6, 6.07) is 12.8. The first-order valence-corrected chi connectivity index (χ1v) is 5.19. The van der Waals surface area contributed by atoms with Crippen molar-refractivity contribution in [1.82, 2.24) is 0 Å². The van der Waals surface area contributed by atoms with Crippen molar-refractivity contribution in [3.63, 3.8) is 0 Å². The molecule has 2 nitrogen and oxygen atoms in total. The van der Waals surface area contributed by atoms with Crippen LogP contribution >= 0.6 is 0 Å². The summed E-state index contributed by atoms with van der Waals surface area (Å²) < 4.78 is 0. The van der Waals surface area contributed by atoms with Crippen LogP contribution < -0.4 is 0 Å². The second-order valence-corrected chi connectivity index (χ2v) is 4.06. The molecule has 2 aromatic rings. The van der Waals surface area contributed by atoms with E-state index in [1.54, 1.807) is 18.2 Å². The van der Waals surface area contributed by atoms with E-state index >= 15 is 0 Å². The summed E-state index contributed by atoms with van der Waals surface area (Å²) in [5.41, 5.74) is 3.22. The van der Waals surface area contributed by atoms with Gasteiger partial charge in [0.2, 0.25) is 0 Å². The Balaban J connectivity index is 2.29. The van der Waals surface area contributed by atoms with Gasteiger partial charge in [-0.05, 0) is 35.7 Å². The normalized spacial score (nSPS) is 13.1. The molecular formula is C14H10O2. The Labute approximate surface area is 93.2 Å². The van der Waals surface area contributed by atoms with Crippen molar-refractivity contribution in [1.29, 1.82) is 0 Å². The van der Waals surface area contributed by atoms with Crippen LogP contribution in [0.3, 0.4) is 0 Å². The molecule has 0 saturated carbocycles. The summed E-state index contributed by atoms with van der Waals surface area (Å²) >= 11 is 0. The summed E-state index contributed by atoms with van der Waals surface area (Å²) in [4.78, 5) is 12.1. The highest BCUT2D eigenvalue weighted by Crippen LogP contribution is 2.26. The zero-order valence-electron chi connectivity index (χ0n) is 8.60. The van der Waals surface area contributed by atoms with Gasteiger partial charge in [-0.2, -0.15) is 0 Å². The molecule has 3 rings (SSSR count). The van der Waals surface area contributed by atoms with Crippen molar-refractivity contribution in [3.8, 4) is 5.75 Å².